The summed E-state index contributed by atoms with van der Waals surface area (Å²) in [4.78, 5) is 164. The third-order valence-electron chi connectivity index (χ3n) is 22.2. The largest absolute Gasteiger partial charge is 0.465 e. The maximum absolute atomic E-state index is 13.0. The van der Waals surface area contributed by atoms with Crippen molar-refractivity contribution in [3.8, 4) is 0 Å². The first-order valence-corrected chi connectivity index (χ1v) is 57.8. The summed E-state index contributed by atoms with van der Waals surface area (Å²) in [5.74, 6) is 2.69. The molecule has 0 bridgehead atoms. The molecule has 28 nitrogen and oxygen atoms in total. The Bertz CT molecular complexity index is 2680. The average molecular weight is 2020 g/mol. The highest BCUT2D eigenvalue weighted by Gasteiger charge is 2.24. The molecule has 6 atom stereocenters. The molecule has 0 saturated heterocycles. The van der Waals surface area contributed by atoms with E-state index in [4.69, 9.17) is 52.1 Å². The van der Waals surface area contributed by atoms with E-state index in [0.717, 1.165) is 87.7 Å². The van der Waals surface area contributed by atoms with Gasteiger partial charge in [0, 0.05) is 111 Å². The van der Waals surface area contributed by atoms with Crippen LogP contribution in [0.5, 0.6) is 0 Å². The maximum Gasteiger partial charge on any atom is 0.309 e. The SMILES string of the molecule is CCCCCCCCSCC(C)C(=O)OCCOC(=O)CCN(CCSCC(C)C(=O)OCCCC(=O)CCN(C)CCCN(C)CCCN(C)CCC(=O)OCCOC(=O)C(C)CSCCN(CCC(=O)OCCOC(=O)C(C)CSCCCCCCCC)CCC(=O)OCCOC(=O)C(C)CSCCCCCCCC)CCC(=O)OCCOC(=O)C(C)CSCCCCCCCC. The van der Waals surface area contributed by atoms with E-state index in [-0.39, 0.29) is 183 Å². The summed E-state index contributed by atoms with van der Waals surface area (Å²) in [7, 11) is 6.05. The molecule has 0 aromatic rings. The molecule has 0 aliphatic heterocycles. The van der Waals surface area contributed by atoms with Gasteiger partial charge >= 0.3 is 65.7 Å². The fourth-order valence-electron chi connectivity index (χ4n) is 13.4. The predicted molar refractivity (Wildman–Crippen MR) is 550 cm³/mol. The van der Waals surface area contributed by atoms with E-state index in [0.29, 0.717) is 105 Å². The van der Waals surface area contributed by atoms with E-state index in [1.165, 1.54) is 140 Å². The molecule has 782 valence electrons. The molecule has 0 amide bonds. The number of ether oxygens (including phenoxy) is 11. The Morgan fingerprint density at radius 1 is 0.201 bits per heavy atom. The summed E-state index contributed by atoms with van der Waals surface area (Å²) >= 11 is 10.1. The minimum Gasteiger partial charge on any atom is -0.465 e. The predicted octanol–water partition coefficient (Wildman–Crippen LogP) is 17.5. The van der Waals surface area contributed by atoms with Gasteiger partial charge in [-0.15, -0.1) is 0 Å². The van der Waals surface area contributed by atoms with Crippen LogP contribution in [-0.2, 0) is 110 Å². The number of thioether (sulfide) groups is 6. The molecule has 0 aromatic heterocycles. The van der Waals surface area contributed by atoms with Gasteiger partial charge in [0.1, 0.15) is 71.9 Å². The first kappa shape index (κ1) is 130. The Labute approximate surface area is 835 Å². The van der Waals surface area contributed by atoms with Crippen LogP contribution in [0.25, 0.3) is 0 Å². The number of nitrogens with zero attached hydrogens (tertiary/aromatic N) is 5. The molecule has 0 aliphatic carbocycles. The van der Waals surface area contributed by atoms with Crippen LogP contribution in [0.1, 0.15) is 288 Å². The lowest BCUT2D eigenvalue weighted by atomic mass is 10.1. The van der Waals surface area contributed by atoms with Gasteiger partial charge in [-0.25, -0.2) is 0 Å². The normalized spacial score (nSPS) is 12.9. The molecule has 0 heterocycles. The first-order chi connectivity index (χ1) is 64.6. The number of rotatable bonds is 97. The summed E-state index contributed by atoms with van der Waals surface area (Å²) in [6.07, 6.45) is 32.6. The molecule has 0 rings (SSSR count). The average Bonchev–Trinajstić information content (AvgIpc) is 0.947. The standard InChI is InChI=1S/C100H183N5O23S6/c1-14-18-22-26-30-34-71-129-77-83(5)96(113)124-67-62-119-91(108)44-54-104(55-45-92(109)120-63-68-125-97(114)84(6)78-130-72-35-31-27-23-19-15-2)58-75-133-81-87(9)95(112)123-60-38-41-89(106)42-52-102(12)50-39-48-101(11)49-40-51-103(13)53-43-90(107)118-61-66-128-100(117)88(10)82-134-76-59-105(56-46-93(110)121-64-69-126-98(115)85(7)79-131-73-36-32-28-24-20-16-3)57-47-94(111)122-65-70-127-99(116)86(8)80-132-74-37-33-29-25-21-17-4/h83-88H,14-82H2,1-13H3. The zero-order valence-corrected chi connectivity index (χ0v) is 90.2. The van der Waals surface area contributed by atoms with Crippen molar-refractivity contribution in [3.05, 3.63) is 0 Å². The minimum atomic E-state index is -0.471. The lowest BCUT2D eigenvalue weighted by Gasteiger charge is -2.22. The molecule has 6 unspecified atom stereocenters. The molecule has 0 aromatic carbocycles. The molecule has 0 radical (unpaired) electrons. The first-order valence-electron chi connectivity index (χ1n) is 50.9. The van der Waals surface area contributed by atoms with Crippen LogP contribution < -0.4 is 0 Å². The Kier molecular flexibility index (Phi) is 89.5. The van der Waals surface area contributed by atoms with Crippen molar-refractivity contribution in [3.63, 3.8) is 0 Å². The number of hydrogen-bond acceptors (Lipinski definition) is 34. The van der Waals surface area contributed by atoms with Gasteiger partial charge in [0.05, 0.1) is 74.2 Å². The van der Waals surface area contributed by atoms with Crippen molar-refractivity contribution in [2.45, 2.75) is 288 Å². The number of Topliss-reactive ketones (excluding diaryl/α,β-unsaturated/α-hetero) is 1. The number of unbranched alkanes of at least 4 members (excludes halogenated alkanes) is 20. The van der Waals surface area contributed by atoms with Crippen LogP contribution in [0.15, 0.2) is 0 Å². The van der Waals surface area contributed by atoms with E-state index in [1.807, 2.05) is 51.6 Å². The van der Waals surface area contributed by atoms with Crippen molar-refractivity contribution in [2.75, 3.05) is 241 Å². The fourth-order valence-corrected chi connectivity index (χ4v) is 19.7. The van der Waals surface area contributed by atoms with E-state index >= 15 is 0 Å². The van der Waals surface area contributed by atoms with E-state index in [2.05, 4.69) is 49.4 Å². The minimum absolute atomic E-state index is 0.0299. The Balaban J connectivity index is 4.83. The van der Waals surface area contributed by atoms with E-state index in [1.54, 1.807) is 72.7 Å². The van der Waals surface area contributed by atoms with Gasteiger partial charge in [0.2, 0.25) is 0 Å². The van der Waals surface area contributed by atoms with Crippen LogP contribution in [0, 0.1) is 35.5 Å². The summed E-state index contributed by atoms with van der Waals surface area (Å²) in [6.45, 7) is 26.0. The second-order valence-electron chi connectivity index (χ2n) is 35.5. The summed E-state index contributed by atoms with van der Waals surface area (Å²) < 4.78 is 59.7. The molecule has 0 saturated carbocycles. The summed E-state index contributed by atoms with van der Waals surface area (Å²) in [5.41, 5.74) is 0. The molecule has 0 fully saturated rings. The third-order valence-corrected chi connectivity index (χ3v) is 29.9. The van der Waals surface area contributed by atoms with E-state index < -0.39 is 41.7 Å². The van der Waals surface area contributed by atoms with Crippen LogP contribution >= 0.6 is 70.6 Å². The molecular formula is C100H183N5O23S6. The second kappa shape index (κ2) is 92.5. The van der Waals surface area contributed by atoms with Gasteiger partial charge in [0.15, 0.2) is 0 Å². The molecule has 0 spiro atoms. The lowest BCUT2D eigenvalue weighted by Crippen LogP contribution is -2.32. The van der Waals surface area contributed by atoms with Gasteiger partial charge in [-0.1, -0.05) is 198 Å². The van der Waals surface area contributed by atoms with E-state index in [9.17, 15) is 57.5 Å². The smallest absolute Gasteiger partial charge is 0.309 e. The van der Waals surface area contributed by atoms with Gasteiger partial charge in [0.25, 0.3) is 0 Å². The fraction of sp³-hybridized carbons (Fsp3) is 0.880. The van der Waals surface area contributed by atoms with Gasteiger partial charge in [-0.05, 0) is 115 Å². The van der Waals surface area contributed by atoms with Gasteiger partial charge < -0.3 is 76.6 Å². The number of ketones is 1. The van der Waals surface area contributed by atoms with Gasteiger partial charge in [-0.2, -0.15) is 70.6 Å². The number of hydrogen-bond donors (Lipinski definition) is 0. The van der Waals surface area contributed by atoms with Crippen LogP contribution in [0.2, 0.25) is 0 Å². The van der Waals surface area contributed by atoms with Crippen molar-refractivity contribution in [2.24, 2.45) is 35.5 Å². The monoisotopic (exact) mass is 2010 g/mol. The third kappa shape index (κ3) is 82.5. The molecule has 0 N–H and O–H groups in total. The zero-order chi connectivity index (χ0) is 99.1. The van der Waals surface area contributed by atoms with Gasteiger partial charge in [-0.3, -0.25) is 57.5 Å². The maximum atomic E-state index is 13.0. The van der Waals surface area contributed by atoms with Crippen molar-refractivity contribution >= 4 is 142 Å². The summed E-state index contributed by atoms with van der Waals surface area (Å²) in [5, 5.41) is 0. The topological polar surface area (TPSA) is 323 Å². The molecule has 134 heavy (non-hydrogen) atoms. The second-order valence-corrected chi connectivity index (χ2v) is 42.4. The Morgan fingerprint density at radius 2 is 0.403 bits per heavy atom. The Hall–Kier alpha value is -4.26. The Morgan fingerprint density at radius 3 is 0.657 bits per heavy atom. The van der Waals surface area contributed by atoms with Crippen LogP contribution in [-0.4, -0.2) is 337 Å². The quantitative estimate of drug-likeness (QED) is 0.0310. The lowest BCUT2D eigenvalue weighted by molar-refractivity contribution is -0.154. The molecule has 0 aliphatic rings. The van der Waals surface area contributed by atoms with Crippen molar-refractivity contribution in [1.82, 2.24) is 24.5 Å². The molecule has 34 heteroatoms. The highest BCUT2D eigenvalue weighted by Crippen LogP contribution is 2.21. The van der Waals surface area contributed by atoms with Crippen LogP contribution in [0.3, 0.4) is 0 Å². The highest BCUT2D eigenvalue weighted by molar-refractivity contribution is 8.00. The van der Waals surface area contributed by atoms with Crippen molar-refractivity contribution < 1.29 is 110 Å². The van der Waals surface area contributed by atoms with Crippen molar-refractivity contribution in [1.29, 1.82) is 0 Å². The molecular weight excluding hydrogens is 1830 g/mol. The number of carbonyl (C=O) groups excluding carboxylic acids is 12. The highest BCUT2D eigenvalue weighted by atomic mass is 32.2. The summed E-state index contributed by atoms with van der Waals surface area (Å²) in [6, 6.07) is 0. The number of esters is 11. The zero-order valence-electron chi connectivity index (χ0n) is 85.3. The number of carbonyl (C=O) groups is 12. The van der Waals surface area contributed by atoms with Crippen LogP contribution in [0.4, 0.5) is 0 Å².